The maximum absolute atomic E-state index is 13.1. The Morgan fingerprint density at radius 3 is 2.65 bits per heavy atom. The zero-order chi connectivity index (χ0) is 22.9. The Kier molecular flexibility index (Phi) is 7.03. The van der Waals surface area contributed by atoms with E-state index in [9.17, 15) is 14.4 Å². The number of benzene rings is 1. The lowest BCUT2D eigenvalue weighted by molar-refractivity contribution is -0.118. The zero-order valence-corrected chi connectivity index (χ0v) is 19.7. The normalized spacial score (nSPS) is 12.2. The van der Waals surface area contributed by atoms with Crippen molar-refractivity contribution in [1.82, 2.24) is 9.55 Å². The van der Waals surface area contributed by atoms with Crippen LogP contribution in [0.1, 0.15) is 42.0 Å². The van der Waals surface area contributed by atoms with E-state index in [0.29, 0.717) is 36.4 Å². The number of aryl methyl sites for hydroxylation is 1. The number of amides is 1. The molecule has 2 heterocycles. The predicted molar refractivity (Wildman–Crippen MR) is 124 cm³/mol. The number of carbonyl (C=O) groups excluding carboxylic acids is 2. The molecule has 3 rings (SSSR count). The lowest BCUT2D eigenvalue weighted by Crippen LogP contribution is -2.31. The molecule has 0 saturated carbocycles. The number of aromatic nitrogens is 2. The highest BCUT2D eigenvalue weighted by Crippen LogP contribution is 2.29. The van der Waals surface area contributed by atoms with Crippen molar-refractivity contribution in [1.29, 1.82) is 0 Å². The van der Waals surface area contributed by atoms with Gasteiger partial charge in [-0.05, 0) is 43.5 Å². The molecule has 1 unspecified atom stereocenters. The molecule has 31 heavy (non-hydrogen) atoms. The minimum atomic E-state index is -0.880. The second-order valence-corrected chi connectivity index (χ2v) is 9.32. The molecule has 0 bridgehead atoms. The maximum atomic E-state index is 13.1. The molecule has 1 N–H and O–H groups in total. The minimum Gasteiger partial charge on any atom is -0.461 e. The number of nitrogens with zero attached hydrogens (tertiary/aromatic N) is 2. The fourth-order valence-electron chi connectivity index (χ4n) is 2.87. The minimum absolute atomic E-state index is 0.196. The van der Waals surface area contributed by atoms with Crippen LogP contribution in [0.2, 0.25) is 10.0 Å². The van der Waals surface area contributed by atoms with Crippen molar-refractivity contribution in [2.75, 3.05) is 11.9 Å². The molecule has 0 radical (unpaired) electrons. The Bertz CT molecular complexity index is 1220. The first-order valence-electron chi connectivity index (χ1n) is 9.53. The van der Waals surface area contributed by atoms with Crippen molar-refractivity contribution in [2.24, 2.45) is 5.92 Å². The van der Waals surface area contributed by atoms with Crippen molar-refractivity contribution in [3.05, 3.63) is 55.4 Å². The molecule has 0 fully saturated rings. The fraction of sp³-hybridized carbons (Fsp3) is 0.333. The number of nitrogens with one attached hydrogen (secondary N) is 1. The summed E-state index contributed by atoms with van der Waals surface area (Å²) >= 11 is 13.2. The summed E-state index contributed by atoms with van der Waals surface area (Å²) in [5.74, 6) is -0.750. The van der Waals surface area contributed by atoms with Crippen LogP contribution in [-0.2, 0) is 9.53 Å². The van der Waals surface area contributed by atoms with Gasteiger partial charge >= 0.3 is 5.97 Å². The molecule has 1 amide bonds. The average molecular weight is 482 g/mol. The number of anilines is 1. The van der Waals surface area contributed by atoms with Gasteiger partial charge in [0.05, 0.1) is 29.0 Å². The van der Waals surface area contributed by atoms with E-state index in [2.05, 4.69) is 10.3 Å². The van der Waals surface area contributed by atoms with Gasteiger partial charge in [0.15, 0.2) is 0 Å². The van der Waals surface area contributed by atoms with Crippen LogP contribution in [0.5, 0.6) is 0 Å². The van der Waals surface area contributed by atoms with E-state index in [-0.39, 0.29) is 12.5 Å². The Morgan fingerprint density at radius 2 is 1.97 bits per heavy atom. The standard InChI is InChI=1S/C21H21Cl2N3O4S/c1-10(2)8-30-21(29)17-11(3)16-19(31-17)24-9-26(20(16)28)12(4)18(27)25-15-7-13(22)5-6-14(15)23/h5-7,9-10,12H,8H2,1-4H3,(H,25,27). The topological polar surface area (TPSA) is 90.3 Å². The molecule has 3 aromatic rings. The van der Waals surface area contributed by atoms with Gasteiger partial charge in [-0.15, -0.1) is 11.3 Å². The van der Waals surface area contributed by atoms with E-state index in [4.69, 9.17) is 27.9 Å². The molecular weight excluding hydrogens is 461 g/mol. The van der Waals surface area contributed by atoms with Crippen LogP contribution in [-0.4, -0.2) is 28.0 Å². The van der Waals surface area contributed by atoms with Gasteiger partial charge in [-0.1, -0.05) is 37.0 Å². The summed E-state index contributed by atoms with van der Waals surface area (Å²) in [6.07, 6.45) is 1.30. The molecule has 0 aliphatic carbocycles. The van der Waals surface area contributed by atoms with Crippen LogP contribution >= 0.6 is 34.5 Å². The summed E-state index contributed by atoms with van der Waals surface area (Å²) in [6, 6.07) is 3.82. The highest BCUT2D eigenvalue weighted by Gasteiger charge is 2.24. The monoisotopic (exact) mass is 481 g/mol. The fourth-order valence-corrected chi connectivity index (χ4v) is 4.24. The summed E-state index contributed by atoms with van der Waals surface area (Å²) < 4.78 is 6.51. The van der Waals surface area contributed by atoms with Crippen LogP contribution < -0.4 is 10.9 Å². The van der Waals surface area contributed by atoms with Crippen molar-refractivity contribution in [3.8, 4) is 0 Å². The van der Waals surface area contributed by atoms with E-state index < -0.39 is 23.5 Å². The van der Waals surface area contributed by atoms with Gasteiger partial charge < -0.3 is 10.1 Å². The van der Waals surface area contributed by atoms with Gasteiger partial charge in [-0.3, -0.25) is 14.2 Å². The van der Waals surface area contributed by atoms with Crippen molar-refractivity contribution in [2.45, 2.75) is 33.7 Å². The Labute approximate surface area is 192 Å². The van der Waals surface area contributed by atoms with Crippen LogP contribution in [0.25, 0.3) is 10.2 Å². The number of rotatable bonds is 6. The first kappa shape index (κ1) is 23.2. The molecular formula is C21H21Cl2N3O4S. The summed E-state index contributed by atoms with van der Waals surface area (Å²) in [5, 5.41) is 3.71. The second kappa shape index (κ2) is 9.38. The molecule has 0 spiro atoms. The Hall–Kier alpha value is -2.42. The number of esters is 1. The van der Waals surface area contributed by atoms with Gasteiger partial charge in [-0.25, -0.2) is 9.78 Å². The third-order valence-electron chi connectivity index (χ3n) is 4.59. The second-order valence-electron chi connectivity index (χ2n) is 7.48. The van der Waals surface area contributed by atoms with Crippen LogP contribution in [0.15, 0.2) is 29.3 Å². The molecule has 1 atom stereocenters. The molecule has 10 heteroatoms. The number of hydrogen-bond acceptors (Lipinski definition) is 6. The Balaban J connectivity index is 1.92. The summed E-state index contributed by atoms with van der Waals surface area (Å²) in [7, 11) is 0. The molecule has 0 saturated heterocycles. The third-order valence-corrected chi connectivity index (χ3v) is 6.34. The van der Waals surface area contributed by atoms with Crippen LogP contribution in [0.3, 0.4) is 0 Å². The van der Waals surface area contributed by atoms with E-state index >= 15 is 0 Å². The third kappa shape index (κ3) is 4.92. The van der Waals surface area contributed by atoms with E-state index in [1.807, 2.05) is 13.8 Å². The number of halogens is 2. The van der Waals surface area contributed by atoms with E-state index in [1.54, 1.807) is 26.0 Å². The molecule has 0 aliphatic heterocycles. The SMILES string of the molecule is Cc1c(C(=O)OCC(C)C)sc2ncn(C(C)C(=O)Nc3cc(Cl)ccc3Cl)c(=O)c12. The zero-order valence-electron chi connectivity index (χ0n) is 17.4. The smallest absolute Gasteiger partial charge is 0.348 e. The van der Waals surface area contributed by atoms with Gasteiger partial charge in [0.1, 0.15) is 15.7 Å². The van der Waals surface area contributed by atoms with Gasteiger partial charge in [0.25, 0.3) is 5.56 Å². The Morgan fingerprint density at radius 1 is 1.26 bits per heavy atom. The molecule has 2 aromatic heterocycles. The lowest BCUT2D eigenvalue weighted by atomic mass is 10.2. The highest BCUT2D eigenvalue weighted by atomic mass is 35.5. The summed E-state index contributed by atoms with van der Waals surface area (Å²) in [6.45, 7) is 7.41. The maximum Gasteiger partial charge on any atom is 0.348 e. The van der Waals surface area contributed by atoms with E-state index in [0.717, 1.165) is 11.3 Å². The van der Waals surface area contributed by atoms with Gasteiger partial charge in [0, 0.05) is 5.02 Å². The number of thiophene rings is 1. The van der Waals surface area contributed by atoms with Crippen molar-refractivity contribution in [3.63, 3.8) is 0 Å². The summed E-state index contributed by atoms with van der Waals surface area (Å²) in [4.78, 5) is 43.3. The molecule has 7 nitrogen and oxygen atoms in total. The van der Waals surface area contributed by atoms with Gasteiger partial charge in [0.2, 0.25) is 5.91 Å². The highest BCUT2D eigenvalue weighted by molar-refractivity contribution is 7.20. The lowest BCUT2D eigenvalue weighted by Gasteiger charge is -2.15. The number of carbonyl (C=O) groups is 2. The molecule has 1 aromatic carbocycles. The van der Waals surface area contributed by atoms with E-state index in [1.165, 1.54) is 17.0 Å². The first-order chi connectivity index (χ1) is 14.6. The first-order valence-corrected chi connectivity index (χ1v) is 11.1. The average Bonchev–Trinajstić information content (AvgIpc) is 3.06. The molecule has 0 aliphatic rings. The summed E-state index contributed by atoms with van der Waals surface area (Å²) in [5.41, 5.74) is 0.419. The van der Waals surface area contributed by atoms with Crippen LogP contribution in [0, 0.1) is 12.8 Å². The number of fused-ring (bicyclic) bond motifs is 1. The van der Waals surface area contributed by atoms with Crippen molar-refractivity contribution >= 4 is 62.3 Å². The molecule has 164 valence electrons. The van der Waals surface area contributed by atoms with Gasteiger partial charge in [-0.2, -0.15) is 0 Å². The number of ether oxygens (including phenoxy) is 1. The quantitative estimate of drug-likeness (QED) is 0.495. The van der Waals surface area contributed by atoms with Crippen molar-refractivity contribution < 1.29 is 14.3 Å². The largest absolute Gasteiger partial charge is 0.461 e. The predicted octanol–water partition coefficient (Wildman–Crippen LogP) is 5.09. The van der Waals surface area contributed by atoms with Crippen LogP contribution in [0.4, 0.5) is 5.69 Å². The number of hydrogen-bond donors (Lipinski definition) is 1.